The lowest BCUT2D eigenvalue weighted by atomic mass is 10.1. The Morgan fingerprint density at radius 1 is 1.53 bits per heavy atom. The van der Waals surface area contributed by atoms with Crippen molar-refractivity contribution >= 4 is 33.2 Å². The first kappa shape index (κ1) is 13.2. The number of hydrogen-bond acceptors (Lipinski definition) is 2. The zero-order chi connectivity index (χ0) is 12.3. The van der Waals surface area contributed by atoms with Crippen molar-refractivity contribution in [2.75, 3.05) is 24.6 Å². The molecule has 1 heterocycles. The SMILES string of the molecule is CCC1CN(c2ccc(Br)cc2CCl)CCO1. The average molecular weight is 319 g/mol. The minimum Gasteiger partial charge on any atom is -0.375 e. The highest BCUT2D eigenvalue weighted by Gasteiger charge is 2.20. The summed E-state index contributed by atoms with van der Waals surface area (Å²) in [6, 6.07) is 6.31. The topological polar surface area (TPSA) is 12.5 Å². The molecule has 1 atom stereocenters. The van der Waals surface area contributed by atoms with Crippen molar-refractivity contribution in [3.8, 4) is 0 Å². The maximum Gasteiger partial charge on any atom is 0.0748 e. The third kappa shape index (κ3) is 3.15. The summed E-state index contributed by atoms with van der Waals surface area (Å²) < 4.78 is 6.77. The summed E-state index contributed by atoms with van der Waals surface area (Å²) in [5, 5.41) is 0. The zero-order valence-corrected chi connectivity index (χ0v) is 12.3. The van der Waals surface area contributed by atoms with Gasteiger partial charge in [0.15, 0.2) is 0 Å². The number of hydrogen-bond donors (Lipinski definition) is 0. The standard InChI is InChI=1S/C13H17BrClNO/c1-2-12-9-16(5-6-17-12)13-4-3-11(14)7-10(13)8-15/h3-4,7,12H,2,5-6,8-9H2,1H3. The molecule has 0 bridgehead atoms. The van der Waals surface area contributed by atoms with Crippen LogP contribution >= 0.6 is 27.5 Å². The summed E-state index contributed by atoms with van der Waals surface area (Å²) in [5.41, 5.74) is 2.42. The van der Waals surface area contributed by atoms with Crippen molar-refractivity contribution in [2.45, 2.75) is 25.3 Å². The first-order valence-electron chi connectivity index (χ1n) is 5.95. The molecule has 1 unspecified atom stereocenters. The van der Waals surface area contributed by atoms with E-state index in [1.807, 2.05) is 0 Å². The van der Waals surface area contributed by atoms with Gasteiger partial charge in [0.2, 0.25) is 0 Å². The molecule has 2 nitrogen and oxygen atoms in total. The summed E-state index contributed by atoms with van der Waals surface area (Å²) in [6.07, 6.45) is 1.40. The van der Waals surface area contributed by atoms with Crippen molar-refractivity contribution in [3.05, 3.63) is 28.2 Å². The predicted molar refractivity (Wildman–Crippen MR) is 75.9 cm³/mol. The normalized spacial score (nSPS) is 20.6. The van der Waals surface area contributed by atoms with Gasteiger partial charge in [-0.25, -0.2) is 0 Å². The highest BCUT2D eigenvalue weighted by atomic mass is 79.9. The molecule has 1 aromatic carbocycles. The minimum absolute atomic E-state index is 0.343. The maximum atomic E-state index is 6.01. The Labute approximate surface area is 116 Å². The van der Waals surface area contributed by atoms with Crippen molar-refractivity contribution in [1.29, 1.82) is 0 Å². The van der Waals surface area contributed by atoms with Crippen LogP contribution in [0.15, 0.2) is 22.7 Å². The lowest BCUT2D eigenvalue weighted by molar-refractivity contribution is 0.0384. The maximum absolute atomic E-state index is 6.01. The predicted octanol–water partition coefficient (Wildman–Crippen LogP) is 3.80. The quantitative estimate of drug-likeness (QED) is 0.786. The lowest BCUT2D eigenvalue weighted by Crippen LogP contribution is -2.42. The fourth-order valence-electron chi connectivity index (χ4n) is 2.15. The van der Waals surface area contributed by atoms with Crippen LogP contribution in [0, 0.1) is 0 Å². The third-order valence-electron chi connectivity index (χ3n) is 3.12. The van der Waals surface area contributed by atoms with Gasteiger partial charge in [0, 0.05) is 29.1 Å². The fourth-order valence-corrected chi connectivity index (χ4v) is 2.78. The van der Waals surface area contributed by atoms with Gasteiger partial charge in [-0.1, -0.05) is 22.9 Å². The lowest BCUT2D eigenvalue weighted by Gasteiger charge is -2.35. The molecule has 0 N–H and O–H groups in total. The average Bonchev–Trinajstić information content (AvgIpc) is 2.38. The van der Waals surface area contributed by atoms with E-state index in [4.69, 9.17) is 16.3 Å². The van der Waals surface area contributed by atoms with Crippen LogP contribution in [0.1, 0.15) is 18.9 Å². The molecule has 0 aromatic heterocycles. The summed E-state index contributed by atoms with van der Waals surface area (Å²) in [5.74, 6) is 0.545. The minimum atomic E-state index is 0.343. The van der Waals surface area contributed by atoms with Crippen molar-refractivity contribution in [2.24, 2.45) is 0 Å². The van der Waals surface area contributed by atoms with Crippen LogP contribution in [-0.4, -0.2) is 25.8 Å². The van der Waals surface area contributed by atoms with E-state index >= 15 is 0 Å². The number of alkyl halides is 1. The molecule has 0 radical (unpaired) electrons. The van der Waals surface area contributed by atoms with Crippen LogP contribution in [0.2, 0.25) is 0 Å². The molecule has 17 heavy (non-hydrogen) atoms. The van der Waals surface area contributed by atoms with Crippen LogP contribution in [-0.2, 0) is 10.6 Å². The molecule has 2 rings (SSSR count). The molecule has 0 saturated carbocycles. The van der Waals surface area contributed by atoms with Crippen molar-refractivity contribution < 1.29 is 4.74 Å². The van der Waals surface area contributed by atoms with Gasteiger partial charge >= 0.3 is 0 Å². The Balaban J connectivity index is 2.20. The molecule has 1 aliphatic heterocycles. The van der Waals surface area contributed by atoms with Gasteiger partial charge in [-0.15, -0.1) is 11.6 Å². The fraction of sp³-hybridized carbons (Fsp3) is 0.538. The Bertz CT molecular complexity index is 386. The third-order valence-corrected chi connectivity index (χ3v) is 3.90. The molecule has 0 aliphatic carbocycles. The van der Waals surface area contributed by atoms with Crippen LogP contribution in [0.3, 0.4) is 0 Å². The van der Waals surface area contributed by atoms with Crippen LogP contribution in [0.25, 0.3) is 0 Å². The Morgan fingerprint density at radius 3 is 3.06 bits per heavy atom. The van der Waals surface area contributed by atoms with Crippen LogP contribution in [0.4, 0.5) is 5.69 Å². The first-order chi connectivity index (χ1) is 8.24. The molecule has 0 spiro atoms. The van der Waals surface area contributed by atoms with E-state index in [0.29, 0.717) is 12.0 Å². The van der Waals surface area contributed by atoms with Gasteiger partial charge in [-0.2, -0.15) is 0 Å². The highest BCUT2D eigenvalue weighted by molar-refractivity contribution is 9.10. The molecule has 1 aliphatic rings. The van der Waals surface area contributed by atoms with E-state index in [2.05, 4.69) is 46.0 Å². The molecule has 4 heteroatoms. The van der Waals surface area contributed by atoms with Crippen LogP contribution < -0.4 is 4.90 Å². The number of rotatable bonds is 3. The van der Waals surface area contributed by atoms with Crippen molar-refractivity contribution in [1.82, 2.24) is 0 Å². The molecular formula is C13H17BrClNO. The highest BCUT2D eigenvalue weighted by Crippen LogP contribution is 2.27. The number of morpholine rings is 1. The van der Waals surface area contributed by atoms with Gasteiger partial charge in [-0.05, 0) is 30.2 Å². The van der Waals surface area contributed by atoms with Gasteiger partial charge < -0.3 is 9.64 Å². The van der Waals surface area contributed by atoms with E-state index in [1.54, 1.807) is 0 Å². The molecule has 1 fully saturated rings. The Kier molecular flexibility index (Phi) is 4.71. The second kappa shape index (κ2) is 6.07. The van der Waals surface area contributed by atoms with E-state index < -0.39 is 0 Å². The number of ether oxygens (including phenoxy) is 1. The number of nitrogens with zero attached hydrogens (tertiary/aromatic N) is 1. The zero-order valence-electron chi connectivity index (χ0n) is 9.96. The van der Waals surface area contributed by atoms with E-state index in [-0.39, 0.29) is 0 Å². The first-order valence-corrected chi connectivity index (χ1v) is 7.28. The summed E-state index contributed by atoms with van der Waals surface area (Å²) >= 11 is 9.50. The van der Waals surface area contributed by atoms with Gasteiger partial charge in [0.05, 0.1) is 12.7 Å². The number of halogens is 2. The Morgan fingerprint density at radius 2 is 2.35 bits per heavy atom. The van der Waals surface area contributed by atoms with E-state index in [0.717, 1.165) is 30.6 Å². The monoisotopic (exact) mass is 317 g/mol. The van der Waals surface area contributed by atoms with Crippen molar-refractivity contribution in [3.63, 3.8) is 0 Å². The van der Waals surface area contributed by atoms with E-state index in [1.165, 1.54) is 11.3 Å². The summed E-state index contributed by atoms with van der Waals surface area (Å²) in [7, 11) is 0. The van der Waals surface area contributed by atoms with Gasteiger partial charge in [-0.3, -0.25) is 0 Å². The van der Waals surface area contributed by atoms with Gasteiger partial charge in [0.25, 0.3) is 0 Å². The molecule has 0 amide bonds. The number of benzene rings is 1. The van der Waals surface area contributed by atoms with Gasteiger partial charge in [0.1, 0.15) is 0 Å². The smallest absolute Gasteiger partial charge is 0.0748 e. The molecule has 1 aromatic rings. The van der Waals surface area contributed by atoms with Crippen LogP contribution in [0.5, 0.6) is 0 Å². The summed E-state index contributed by atoms with van der Waals surface area (Å²) in [4.78, 5) is 2.38. The second-order valence-electron chi connectivity index (χ2n) is 4.25. The summed E-state index contributed by atoms with van der Waals surface area (Å²) in [6.45, 7) is 4.87. The second-order valence-corrected chi connectivity index (χ2v) is 5.44. The molecule has 1 saturated heterocycles. The number of anilines is 1. The molecular weight excluding hydrogens is 302 g/mol. The largest absolute Gasteiger partial charge is 0.375 e. The molecule has 94 valence electrons. The van der Waals surface area contributed by atoms with E-state index in [9.17, 15) is 0 Å². The Hall–Kier alpha value is -0.250.